The maximum Gasteiger partial charge on any atom is 0.241 e. The Labute approximate surface area is 215 Å². The number of nitrogens with zero attached hydrogens (tertiary/aromatic N) is 5. The smallest absolute Gasteiger partial charge is 0.241 e. The molecule has 186 valence electrons. The van der Waals surface area contributed by atoms with Crippen molar-refractivity contribution in [1.29, 1.82) is 0 Å². The number of halogens is 1. The van der Waals surface area contributed by atoms with E-state index in [0.29, 0.717) is 29.8 Å². The molecule has 1 aliphatic rings. The Morgan fingerprint density at radius 1 is 1.11 bits per heavy atom. The first-order valence-electron chi connectivity index (χ1n) is 12.2. The van der Waals surface area contributed by atoms with Crippen molar-refractivity contribution in [3.05, 3.63) is 88.8 Å². The maximum atomic E-state index is 12.8. The van der Waals surface area contributed by atoms with Crippen molar-refractivity contribution in [3.8, 4) is 11.4 Å². The third-order valence-corrected chi connectivity index (χ3v) is 6.96. The number of piperidine rings is 1. The maximum absolute atomic E-state index is 12.8. The van der Waals surface area contributed by atoms with Gasteiger partial charge in [0.05, 0.1) is 11.6 Å². The first-order chi connectivity index (χ1) is 17.5. The molecule has 3 heterocycles. The second-order valence-electron chi connectivity index (χ2n) is 9.18. The first-order valence-corrected chi connectivity index (χ1v) is 12.6. The van der Waals surface area contributed by atoms with Gasteiger partial charge in [0.15, 0.2) is 0 Å². The molecule has 0 spiro atoms. The zero-order valence-corrected chi connectivity index (χ0v) is 21.0. The van der Waals surface area contributed by atoms with Crippen LogP contribution in [-0.2, 0) is 24.4 Å². The lowest BCUT2D eigenvalue weighted by atomic mass is 9.96. The van der Waals surface area contributed by atoms with Gasteiger partial charge in [-0.1, -0.05) is 53.2 Å². The van der Waals surface area contributed by atoms with Crippen LogP contribution in [0.4, 0.5) is 0 Å². The number of hydrogen-bond donors (Lipinski definition) is 1. The second kappa shape index (κ2) is 11.1. The summed E-state index contributed by atoms with van der Waals surface area (Å²) in [6.45, 7) is 5.47. The van der Waals surface area contributed by atoms with Crippen molar-refractivity contribution in [2.24, 2.45) is 5.92 Å². The van der Waals surface area contributed by atoms with E-state index in [4.69, 9.17) is 16.1 Å². The quantitative estimate of drug-likeness (QED) is 0.381. The number of benzene rings is 2. The Morgan fingerprint density at radius 3 is 2.69 bits per heavy atom. The Bertz CT molecular complexity index is 1330. The summed E-state index contributed by atoms with van der Waals surface area (Å²) in [4.78, 5) is 23.8. The average molecular weight is 505 g/mol. The van der Waals surface area contributed by atoms with Gasteiger partial charge in [-0.25, -0.2) is 4.98 Å². The summed E-state index contributed by atoms with van der Waals surface area (Å²) in [5.74, 6) is 2.16. The molecule has 8 nitrogen and oxygen atoms in total. The third kappa shape index (κ3) is 5.83. The van der Waals surface area contributed by atoms with Crippen LogP contribution in [0.1, 0.15) is 35.7 Å². The minimum atomic E-state index is 0.0133. The topological polar surface area (TPSA) is 89.1 Å². The van der Waals surface area contributed by atoms with Gasteiger partial charge in [0, 0.05) is 37.0 Å². The van der Waals surface area contributed by atoms with Gasteiger partial charge in [-0.2, -0.15) is 4.98 Å². The second-order valence-corrected chi connectivity index (χ2v) is 9.59. The monoisotopic (exact) mass is 504 g/mol. The summed E-state index contributed by atoms with van der Waals surface area (Å²) in [6.07, 6.45) is 5.39. The molecule has 1 aliphatic heterocycles. The Balaban J connectivity index is 1.09. The molecular weight excluding hydrogens is 476 g/mol. The van der Waals surface area contributed by atoms with Crippen molar-refractivity contribution >= 4 is 17.5 Å². The van der Waals surface area contributed by atoms with Gasteiger partial charge in [-0.15, -0.1) is 0 Å². The van der Waals surface area contributed by atoms with Crippen molar-refractivity contribution in [2.75, 3.05) is 13.1 Å². The fraction of sp³-hybridized carbons (Fsp3) is 0.333. The molecule has 0 aliphatic carbocycles. The Hall–Kier alpha value is -3.49. The lowest BCUT2D eigenvalue weighted by Gasteiger charge is -2.30. The minimum absolute atomic E-state index is 0.0133. The van der Waals surface area contributed by atoms with Crippen LogP contribution >= 0.6 is 11.6 Å². The van der Waals surface area contributed by atoms with Crippen LogP contribution in [0.2, 0.25) is 5.02 Å². The lowest BCUT2D eigenvalue weighted by Crippen LogP contribution is -2.40. The van der Waals surface area contributed by atoms with Crippen molar-refractivity contribution in [2.45, 2.75) is 39.4 Å². The fourth-order valence-electron chi connectivity index (χ4n) is 4.55. The molecule has 1 N–H and O–H groups in total. The van der Waals surface area contributed by atoms with Crippen LogP contribution in [0.15, 0.2) is 65.4 Å². The SMILES string of the molecule is Cc1nccn1Cc1cccc(CNC(=O)C2CCN(Cc3nc(-c4ccccc4Cl)no3)CC2)c1. The van der Waals surface area contributed by atoms with Gasteiger partial charge in [-0.3, -0.25) is 9.69 Å². The molecular formula is C27H29ClN6O2. The Kier molecular flexibility index (Phi) is 7.44. The average Bonchev–Trinajstić information content (AvgIpc) is 3.52. The molecule has 4 aromatic rings. The largest absolute Gasteiger partial charge is 0.352 e. The number of likely N-dealkylation sites (tertiary alicyclic amines) is 1. The number of aryl methyl sites for hydroxylation is 1. The molecule has 0 saturated carbocycles. The number of nitrogens with one attached hydrogen (secondary N) is 1. The molecule has 0 radical (unpaired) electrons. The highest BCUT2D eigenvalue weighted by molar-refractivity contribution is 6.33. The number of carbonyl (C=O) groups excluding carboxylic acids is 1. The molecule has 9 heteroatoms. The standard InChI is InChI=1S/C27H29ClN6O2/c1-19-29-11-14-34(19)17-21-6-4-5-20(15-21)16-30-27(35)22-9-12-33(13-10-22)18-25-31-26(32-36-25)23-7-2-3-8-24(23)28/h2-8,11,14-15,22H,9-10,12-13,16-18H2,1H3,(H,30,35). The summed E-state index contributed by atoms with van der Waals surface area (Å²) >= 11 is 6.24. The van der Waals surface area contributed by atoms with Gasteiger partial charge in [0.2, 0.25) is 17.6 Å². The van der Waals surface area contributed by atoms with Crippen LogP contribution in [0.5, 0.6) is 0 Å². The fourth-order valence-corrected chi connectivity index (χ4v) is 4.77. The third-order valence-electron chi connectivity index (χ3n) is 6.63. The molecule has 1 amide bonds. The number of amides is 1. The van der Waals surface area contributed by atoms with Crippen molar-refractivity contribution < 1.29 is 9.32 Å². The van der Waals surface area contributed by atoms with E-state index in [1.807, 2.05) is 49.6 Å². The molecule has 0 atom stereocenters. The molecule has 0 bridgehead atoms. The first kappa shape index (κ1) is 24.2. The molecule has 2 aromatic heterocycles. The van der Waals surface area contributed by atoms with Crippen LogP contribution in [0.3, 0.4) is 0 Å². The summed E-state index contributed by atoms with van der Waals surface area (Å²) in [5.41, 5.74) is 3.04. The molecule has 0 unspecified atom stereocenters. The van der Waals surface area contributed by atoms with E-state index < -0.39 is 0 Å². The summed E-state index contributed by atoms with van der Waals surface area (Å²) in [5, 5.41) is 7.80. The predicted octanol–water partition coefficient (Wildman–Crippen LogP) is 4.47. The van der Waals surface area contributed by atoms with Crippen molar-refractivity contribution in [3.63, 3.8) is 0 Å². The van der Waals surface area contributed by atoms with Gasteiger partial charge in [0.25, 0.3) is 0 Å². The van der Waals surface area contributed by atoms with E-state index in [1.165, 1.54) is 5.56 Å². The van der Waals surface area contributed by atoms with Gasteiger partial charge < -0.3 is 14.4 Å². The van der Waals surface area contributed by atoms with E-state index in [9.17, 15) is 4.79 Å². The highest BCUT2D eigenvalue weighted by atomic mass is 35.5. The lowest BCUT2D eigenvalue weighted by molar-refractivity contribution is -0.126. The molecule has 5 rings (SSSR count). The highest BCUT2D eigenvalue weighted by Crippen LogP contribution is 2.26. The molecule has 1 saturated heterocycles. The Morgan fingerprint density at radius 2 is 1.92 bits per heavy atom. The molecule has 36 heavy (non-hydrogen) atoms. The van der Waals surface area contributed by atoms with Crippen LogP contribution < -0.4 is 5.32 Å². The van der Waals surface area contributed by atoms with Crippen LogP contribution in [0, 0.1) is 12.8 Å². The zero-order valence-electron chi connectivity index (χ0n) is 20.2. The number of hydrogen-bond acceptors (Lipinski definition) is 6. The van der Waals surface area contributed by atoms with E-state index in [0.717, 1.165) is 49.4 Å². The van der Waals surface area contributed by atoms with Crippen molar-refractivity contribution in [1.82, 2.24) is 29.9 Å². The van der Waals surface area contributed by atoms with Crippen LogP contribution in [-0.4, -0.2) is 43.6 Å². The van der Waals surface area contributed by atoms with Gasteiger partial charge in [0.1, 0.15) is 5.82 Å². The summed E-state index contributed by atoms with van der Waals surface area (Å²) in [7, 11) is 0. The number of aromatic nitrogens is 4. The van der Waals surface area contributed by atoms with E-state index >= 15 is 0 Å². The van der Waals surface area contributed by atoms with E-state index in [-0.39, 0.29) is 11.8 Å². The minimum Gasteiger partial charge on any atom is -0.352 e. The number of imidazole rings is 1. The van der Waals surface area contributed by atoms with Gasteiger partial charge in [-0.05, 0) is 56.1 Å². The summed E-state index contributed by atoms with van der Waals surface area (Å²) in [6, 6.07) is 15.8. The highest BCUT2D eigenvalue weighted by Gasteiger charge is 2.26. The van der Waals surface area contributed by atoms with Crippen LogP contribution in [0.25, 0.3) is 11.4 Å². The molecule has 1 fully saturated rings. The molecule has 2 aromatic carbocycles. The predicted molar refractivity (Wildman–Crippen MR) is 137 cm³/mol. The number of carbonyl (C=O) groups is 1. The van der Waals surface area contributed by atoms with E-state index in [2.05, 4.69) is 48.1 Å². The normalized spacial score (nSPS) is 14.7. The number of rotatable bonds is 8. The van der Waals surface area contributed by atoms with E-state index in [1.54, 1.807) is 0 Å². The van der Waals surface area contributed by atoms with Gasteiger partial charge >= 0.3 is 0 Å². The zero-order chi connectivity index (χ0) is 24.9. The summed E-state index contributed by atoms with van der Waals surface area (Å²) < 4.78 is 7.55.